The second-order valence-corrected chi connectivity index (χ2v) is 9.99. The van der Waals surface area contributed by atoms with E-state index in [4.69, 9.17) is 37.9 Å². The Kier molecular flexibility index (Phi) is 13.4. The maximum Gasteiger partial charge on any atom is 0.303 e. The normalized spacial score (nSPS) is 31.5. The van der Waals surface area contributed by atoms with Crippen molar-refractivity contribution in [3.8, 4) is 0 Å². The van der Waals surface area contributed by atoms with Crippen molar-refractivity contribution in [3.63, 3.8) is 0 Å². The van der Waals surface area contributed by atoms with Gasteiger partial charge in [0.05, 0.1) is 0 Å². The van der Waals surface area contributed by atoms with Crippen LogP contribution >= 0.6 is 0 Å². The number of esters is 5. The van der Waals surface area contributed by atoms with Gasteiger partial charge in [-0.05, 0) is 0 Å². The Balaban J connectivity index is 2.66. The number of aliphatic hydroxyl groups is 1. The molecule has 2 fully saturated rings. The second-order valence-electron chi connectivity index (χ2n) is 9.99. The predicted octanol–water partition coefficient (Wildman–Crippen LogP) is -2.26. The van der Waals surface area contributed by atoms with Crippen LogP contribution in [0.5, 0.6) is 0 Å². The zero-order valence-electron chi connectivity index (χ0n) is 25.3. The van der Waals surface area contributed by atoms with E-state index < -0.39 is 116 Å². The molecule has 3 N–H and O–H groups in total. The van der Waals surface area contributed by atoms with Gasteiger partial charge in [0.2, 0.25) is 11.8 Å². The van der Waals surface area contributed by atoms with E-state index in [2.05, 4.69) is 10.6 Å². The predicted molar refractivity (Wildman–Crippen MR) is 140 cm³/mol. The number of ether oxygens (including phenoxy) is 8. The summed E-state index contributed by atoms with van der Waals surface area (Å²) in [5, 5.41) is 15.6. The summed E-state index contributed by atoms with van der Waals surface area (Å²) in [6.45, 7) is 6.58. The standard InChI is InChI=1S/C26H38N2O16/c1-10(29)27-19-23(40-15(6)34)22(17(42-25(19)36)8-37-12(3)31)44-26-20(28-11(2)30)24(41-16(7)35)21(39-14(5)33)18(43-26)9-38-13(4)32/h17-26,36H,8-9H2,1-7H3,(H,27,29)(H,28,30)/t17?,18?,19-,20-,21+,22+,23?,24?,25+,26-/m0/s1. The van der Waals surface area contributed by atoms with Crippen LogP contribution in [0, 0.1) is 0 Å². The third-order valence-corrected chi connectivity index (χ3v) is 6.15. The number of hydrogen-bond donors (Lipinski definition) is 3. The molecule has 2 rings (SSSR count). The minimum absolute atomic E-state index is 0.531. The average Bonchev–Trinajstić information content (AvgIpc) is 2.87. The van der Waals surface area contributed by atoms with Crippen molar-refractivity contribution in [2.24, 2.45) is 0 Å². The zero-order chi connectivity index (χ0) is 33.3. The first-order valence-corrected chi connectivity index (χ1v) is 13.5. The van der Waals surface area contributed by atoms with Gasteiger partial charge in [0.1, 0.15) is 43.6 Å². The van der Waals surface area contributed by atoms with Crippen LogP contribution in [0.15, 0.2) is 0 Å². The molecule has 0 aromatic heterocycles. The Morgan fingerprint density at radius 1 is 0.568 bits per heavy atom. The first kappa shape index (κ1) is 36.3. The number of nitrogens with one attached hydrogen (secondary N) is 2. The molecular formula is C26H38N2O16. The van der Waals surface area contributed by atoms with Gasteiger partial charge in [-0.1, -0.05) is 0 Å². The van der Waals surface area contributed by atoms with Gasteiger partial charge < -0.3 is 53.6 Å². The molecule has 18 heteroatoms. The summed E-state index contributed by atoms with van der Waals surface area (Å²) in [5.74, 6) is -5.31. The molecule has 2 amide bonds. The fourth-order valence-electron chi connectivity index (χ4n) is 4.70. The van der Waals surface area contributed by atoms with Crippen molar-refractivity contribution >= 4 is 41.7 Å². The number of hydrogen-bond acceptors (Lipinski definition) is 16. The van der Waals surface area contributed by atoms with Crippen LogP contribution in [0.2, 0.25) is 0 Å². The van der Waals surface area contributed by atoms with Crippen molar-refractivity contribution in [1.82, 2.24) is 10.6 Å². The van der Waals surface area contributed by atoms with Crippen LogP contribution in [-0.2, 0) is 71.5 Å². The molecule has 10 atom stereocenters. The molecule has 2 heterocycles. The Hall–Kier alpha value is -3.87. The highest BCUT2D eigenvalue weighted by Crippen LogP contribution is 2.33. The van der Waals surface area contributed by atoms with E-state index in [0.29, 0.717) is 0 Å². The van der Waals surface area contributed by atoms with Gasteiger partial charge in [-0.15, -0.1) is 0 Å². The number of rotatable bonds is 11. The average molecular weight is 635 g/mol. The van der Waals surface area contributed by atoms with E-state index in [1.807, 2.05) is 0 Å². The van der Waals surface area contributed by atoms with Crippen molar-refractivity contribution in [2.75, 3.05) is 13.2 Å². The van der Waals surface area contributed by atoms with Crippen LogP contribution in [0.4, 0.5) is 0 Å². The van der Waals surface area contributed by atoms with Crippen molar-refractivity contribution in [3.05, 3.63) is 0 Å². The maximum atomic E-state index is 12.3. The molecule has 0 saturated carbocycles. The van der Waals surface area contributed by atoms with E-state index in [1.54, 1.807) is 0 Å². The number of amides is 2. The lowest BCUT2D eigenvalue weighted by Gasteiger charge is -2.49. The SMILES string of the molecule is CC(=O)N[C@H]1C(OC(C)=O)[C@H](OC(C)=O)C(COC(C)=O)O[C@H]1O[C@@H]1C(COC(C)=O)O[C@@H](O)[C@@H](NC(C)=O)C1OC(C)=O. The van der Waals surface area contributed by atoms with Crippen LogP contribution in [0.25, 0.3) is 0 Å². The summed E-state index contributed by atoms with van der Waals surface area (Å²) in [4.78, 5) is 83.8. The highest BCUT2D eigenvalue weighted by molar-refractivity contribution is 5.74. The molecule has 2 saturated heterocycles. The summed E-state index contributed by atoms with van der Waals surface area (Å²) in [6.07, 6.45) is -12.1. The van der Waals surface area contributed by atoms with Crippen LogP contribution in [0.3, 0.4) is 0 Å². The van der Waals surface area contributed by atoms with Gasteiger partial charge in [0.15, 0.2) is 30.9 Å². The number of carbonyl (C=O) groups excluding carboxylic acids is 7. The van der Waals surface area contributed by atoms with Crippen LogP contribution in [0.1, 0.15) is 48.5 Å². The third kappa shape index (κ3) is 10.7. The fraction of sp³-hybridized carbons (Fsp3) is 0.731. The van der Waals surface area contributed by atoms with Crippen LogP contribution < -0.4 is 10.6 Å². The summed E-state index contributed by atoms with van der Waals surface area (Å²) < 4.78 is 44.2. The van der Waals surface area contributed by atoms with Crippen LogP contribution in [-0.4, -0.2) is 121 Å². The van der Waals surface area contributed by atoms with Crippen molar-refractivity contribution < 1.29 is 76.6 Å². The molecule has 4 unspecified atom stereocenters. The molecule has 0 aromatic rings. The lowest BCUT2D eigenvalue weighted by atomic mass is 9.94. The molecule has 0 spiro atoms. The fourth-order valence-corrected chi connectivity index (χ4v) is 4.70. The molecule has 0 bridgehead atoms. The molecule has 0 aliphatic carbocycles. The first-order chi connectivity index (χ1) is 20.5. The highest BCUT2D eigenvalue weighted by Gasteiger charge is 2.55. The van der Waals surface area contributed by atoms with E-state index in [9.17, 15) is 38.7 Å². The van der Waals surface area contributed by atoms with Gasteiger partial charge in [0, 0.05) is 48.5 Å². The molecule has 2 aliphatic heterocycles. The van der Waals surface area contributed by atoms with E-state index in [-0.39, 0.29) is 0 Å². The summed E-state index contributed by atoms with van der Waals surface area (Å²) in [7, 11) is 0. The zero-order valence-corrected chi connectivity index (χ0v) is 25.3. The maximum absolute atomic E-state index is 12.3. The van der Waals surface area contributed by atoms with Crippen molar-refractivity contribution in [1.29, 1.82) is 0 Å². The molecule has 2 aliphatic rings. The van der Waals surface area contributed by atoms with Gasteiger partial charge in [-0.2, -0.15) is 0 Å². The lowest BCUT2D eigenvalue weighted by molar-refractivity contribution is -0.330. The van der Waals surface area contributed by atoms with Gasteiger partial charge in [-0.25, -0.2) is 0 Å². The van der Waals surface area contributed by atoms with Crippen molar-refractivity contribution in [2.45, 2.75) is 110 Å². The molecular weight excluding hydrogens is 596 g/mol. The summed E-state index contributed by atoms with van der Waals surface area (Å²) in [5.41, 5.74) is 0. The Morgan fingerprint density at radius 3 is 1.41 bits per heavy atom. The minimum Gasteiger partial charge on any atom is -0.463 e. The third-order valence-electron chi connectivity index (χ3n) is 6.15. The van der Waals surface area contributed by atoms with Gasteiger partial charge in [0.25, 0.3) is 0 Å². The van der Waals surface area contributed by atoms with E-state index in [1.165, 1.54) is 0 Å². The molecule has 0 radical (unpaired) electrons. The van der Waals surface area contributed by atoms with Gasteiger partial charge in [-0.3, -0.25) is 33.6 Å². The molecule has 248 valence electrons. The first-order valence-electron chi connectivity index (χ1n) is 13.5. The van der Waals surface area contributed by atoms with E-state index >= 15 is 0 Å². The molecule has 18 nitrogen and oxygen atoms in total. The Morgan fingerprint density at radius 2 is 0.977 bits per heavy atom. The highest BCUT2D eigenvalue weighted by atomic mass is 16.7. The minimum atomic E-state index is -1.78. The smallest absolute Gasteiger partial charge is 0.303 e. The van der Waals surface area contributed by atoms with E-state index in [0.717, 1.165) is 48.5 Å². The Bertz CT molecular complexity index is 1100. The summed E-state index contributed by atoms with van der Waals surface area (Å²) in [6, 6.07) is -2.83. The summed E-state index contributed by atoms with van der Waals surface area (Å²) >= 11 is 0. The topological polar surface area (TPSA) is 238 Å². The Labute approximate surface area is 252 Å². The lowest BCUT2D eigenvalue weighted by Crippen LogP contribution is -2.70. The quantitative estimate of drug-likeness (QED) is 0.161. The monoisotopic (exact) mass is 634 g/mol. The van der Waals surface area contributed by atoms with Gasteiger partial charge >= 0.3 is 29.8 Å². The molecule has 44 heavy (non-hydrogen) atoms. The second kappa shape index (κ2) is 16.3. The molecule has 0 aromatic carbocycles. The number of aliphatic hydroxyl groups excluding tert-OH is 1. The largest absolute Gasteiger partial charge is 0.463 e. The number of carbonyl (C=O) groups is 7.